The van der Waals surface area contributed by atoms with Gasteiger partial charge in [0.25, 0.3) is 0 Å². The summed E-state index contributed by atoms with van der Waals surface area (Å²) in [7, 11) is 2.00. The summed E-state index contributed by atoms with van der Waals surface area (Å²) < 4.78 is 6.02. The largest absolute Gasteiger partial charge is 0.472 e. The minimum absolute atomic E-state index is 0.784. The first-order chi connectivity index (χ1) is 7.27. The Bertz CT molecular complexity index is 428. The molecule has 0 radical (unpaired) electrons. The molecule has 2 heterocycles. The highest BCUT2D eigenvalue weighted by atomic mass is 79.9. The number of hydrogen-bond acceptors (Lipinski definition) is 3. The molecule has 0 saturated heterocycles. The standard InChI is InChI=1S/C11H11BrN2O/c1-14(7-9-4-6-15-8-9)11-10(12)3-2-5-13-11/h2-6,8H,7H2,1H3. The van der Waals surface area contributed by atoms with E-state index in [0.717, 1.165) is 22.4 Å². The number of rotatable bonds is 3. The van der Waals surface area contributed by atoms with Crippen molar-refractivity contribution in [3.63, 3.8) is 0 Å². The smallest absolute Gasteiger partial charge is 0.142 e. The van der Waals surface area contributed by atoms with Gasteiger partial charge in [0.1, 0.15) is 5.82 Å². The third kappa shape index (κ3) is 2.39. The van der Waals surface area contributed by atoms with Crippen LogP contribution in [0, 0.1) is 0 Å². The Morgan fingerprint density at radius 2 is 2.33 bits per heavy atom. The van der Waals surface area contributed by atoms with E-state index in [9.17, 15) is 0 Å². The second-order valence-corrected chi connectivity index (χ2v) is 4.15. The third-order valence-electron chi connectivity index (χ3n) is 2.10. The maximum absolute atomic E-state index is 5.02. The molecule has 78 valence electrons. The van der Waals surface area contributed by atoms with Gasteiger partial charge in [0.2, 0.25) is 0 Å². The van der Waals surface area contributed by atoms with Gasteiger partial charge in [-0.1, -0.05) is 0 Å². The highest BCUT2D eigenvalue weighted by molar-refractivity contribution is 9.10. The molecule has 0 aromatic carbocycles. The SMILES string of the molecule is CN(Cc1ccoc1)c1ncccc1Br. The first-order valence-electron chi connectivity index (χ1n) is 4.60. The average molecular weight is 267 g/mol. The van der Waals surface area contributed by atoms with Crippen molar-refractivity contribution in [3.8, 4) is 0 Å². The van der Waals surface area contributed by atoms with Crippen LogP contribution in [-0.4, -0.2) is 12.0 Å². The van der Waals surface area contributed by atoms with Gasteiger partial charge < -0.3 is 9.32 Å². The zero-order valence-corrected chi connectivity index (χ0v) is 9.94. The Balaban J connectivity index is 2.15. The zero-order chi connectivity index (χ0) is 10.7. The van der Waals surface area contributed by atoms with Crippen molar-refractivity contribution in [1.82, 2.24) is 4.98 Å². The molecule has 0 spiro atoms. The lowest BCUT2D eigenvalue weighted by molar-refractivity contribution is 0.563. The molecule has 0 amide bonds. The van der Waals surface area contributed by atoms with Crippen molar-refractivity contribution in [3.05, 3.63) is 47.0 Å². The van der Waals surface area contributed by atoms with Crippen molar-refractivity contribution < 1.29 is 4.42 Å². The minimum Gasteiger partial charge on any atom is -0.472 e. The van der Waals surface area contributed by atoms with E-state index >= 15 is 0 Å². The zero-order valence-electron chi connectivity index (χ0n) is 8.35. The summed E-state index contributed by atoms with van der Waals surface area (Å²) in [5.41, 5.74) is 1.13. The van der Waals surface area contributed by atoms with E-state index in [-0.39, 0.29) is 0 Å². The molecule has 0 bridgehead atoms. The molecule has 0 fully saturated rings. The first kappa shape index (κ1) is 10.2. The van der Waals surface area contributed by atoms with Gasteiger partial charge in [-0.2, -0.15) is 0 Å². The molecule has 2 rings (SSSR count). The summed E-state index contributed by atoms with van der Waals surface area (Å²) in [5.74, 6) is 0.929. The summed E-state index contributed by atoms with van der Waals surface area (Å²) >= 11 is 3.47. The Kier molecular flexibility index (Phi) is 3.06. The maximum atomic E-state index is 5.02. The lowest BCUT2D eigenvalue weighted by Gasteiger charge is -2.18. The summed E-state index contributed by atoms with van der Waals surface area (Å²) in [6.07, 6.45) is 5.20. The molecule has 4 heteroatoms. The van der Waals surface area contributed by atoms with Gasteiger partial charge >= 0.3 is 0 Å². The van der Waals surface area contributed by atoms with E-state index in [2.05, 4.69) is 25.8 Å². The van der Waals surface area contributed by atoms with Crippen LogP contribution in [0.3, 0.4) is 0 Å². The second-order valence-electron chi connectivity index (χ2n) is 3.30. The van der Waals surface area contributed by atoms with Gasteiger partial charge in [0.05, 0.1) is 17.0 Å². The quantitative estimate of drug-likeness (QED) is 0.855. The Hall–Kier alpha value is -1.29. The van der Waals surface area contributed by atoms with Crippen LogP contribution in [0.25, 0.3) is 0 Å². The lowest BCUT2D eigenvalue weighted by Crippen LogP contribution is -2.17. The fraction of sp³-hybridized carbons (Fsp3) is 0.182. The van der Waals surface area contributed by atoms with Crippen LogP contribution in [0.2, 0.25) is 0 Å². The van der Waals surface area contributed by atoms with Gasteiger partial charge in [-0.15, -0.1) is 0 Å². The maximum Gasteiger partial charge on any atom is 0.142 e. The van der Waals surface area contributed by atoms with Crippen molar-refractivity contribution in [2.45, 2.75) is 6.54 Å². The van der Waals surface area contributed by atoms with E-state index in [1.165, 1.54) is 0 Å². The third-order valence-corrected chi connectivity index (χ3v) is 2.72. The number of hydrogen-bond donors (Lipinski definition) is 0. The highest BCUT2D eigenvalue weighted by Crippen LogP contribution is 2.23. The summed E-state index contributed by atoms with van der Waals surface area (Å²) in [6, 6.07) is 5.83. The van der Waals surface area contributed by atoms with Gasteiger partial charge in [-0.25, -0.2) is 4.98 Å². The molecule has 0 saturated carbocycles. The molecule has 0 N–H and O–H groups in total. The van der Waals surface area contributed by atoms with E-state index in [4.69, 9.17) is 4.42 Å². The molecule has 0 aliphatic carbocycles. The molecular formula is C11H11BrN2O. The van der Waals surface area contributed by atoms with Crippen molar-refractivity contribution in [1.29, 1.82) is 0 Å². The molecule has 0 unspecified atom stereocenters. The normalized spacial score (nSPS) is 10.3. The number of anilines is 1. The van der Waals surface area contributed by atoms with Crippen LogP contribution < -0.4 is 4.90 Å². The van der Waals surface area contributed by atoms with Crippen LogP contribution in [-0.2, 0) is 6.54 Å². The van der Waals surface area contributed by atoms with E-state index in [1.807, 2.05) is 25.2 Å². The second kappa shape index (κ2) is 4.49. The lowest BCUT2D eigenvalue weighted by atomic mass is 10.3. The van der Waals surface area contributed by atoms with Gasteiger partial charge in [0.15, 0.2) is 0 Å². The fourth-order valence-corrected chi connectivity index (χ4v) is 1.95. The Morgan fingerprint density at radius 3 is 3.00 bits per heavy atom. The Morgan fingerprint density at radius 1 is 1.47 bits per heavy atom. The molecule has 2 aromatic heterocycles. The van der Waals surface area contributed by atoms with Crippen LogP contribution in [0.4, 0.5) is 5.82 Å². The van der Waals surface area contributed by atoms with Crippen LogP contribution in [0.1, 0.15) is 5.56 Å². The first-order valence-corrected chi connectivity index (χ1v) is 5.39. The predicted octanol–water partition coefficient (Wildman–Crippen LogP) is 3.07. The fourth-order valence-electron chi connectivity index (χ4n) is 1.39. The van der Waals surface area contributed by atoms with E-state index < -0.39 is 0 Å². The summed E-state index contributed by atoms with van der Waals surface area (Å²) in [4.78, 5) is 6.37. The average Bonchev–Trinajstić information content (AvgIpc) is 2.71. The number of aromatic nitrogens is 1. The van der Waals surface area contributed by atoms with Crippen molar-refractivity contribution in [2.75, 3.05) is 11.9 Å². The molecule has 0 aliphatic rings. The van der Waals surface area contributed by atoms with Crippen LogP contribution in [0.15, 0.2) is 45.8 Å². The number of pyridine rings is 1. The Labute approximate surface area is 96.9 Å². The topological polar surface area (TPSA) is 29.3 Å². The van der Waals surface area contributed by atoms with Crippen LogP contribution >= 0.6 is 15.9 Å². The molecule has 0 aliphatic heterocycles. The van der Waals surface area contributed by atoms with Gasteiger partial charge in [-0.3, -0.25) is 0 Å². The monoisotopic (exact) mass is 266 g/mol. The highest BCUT2D eigenvalue weighted by Gasteiger charge is 2.07. The molecular weight excluding hydrogens is 256 g/mol. The molecule has 0 atom stereocenters. The summed E-state index contributed by atoms with van der Waals surface area (Å²) in [5, 5.41) is 0. The van der Waals surface area contributed by atoms with Crippen LogP contribution in [0.5, 0.6) is 0 Å². The van der Waals surface area contributed by atoms with Crippen molar-refractivity contribution >= 4 is 21.7 Å². The number of furan rings is 1. The number of halogens is 1. The number of nitrogens with zero attached hydrogens (tertiary/aromatic N) is 2. The minimum atomic E-state index is 0.784. The van der Waals surface area contributed by atoms with Gasteiger partial charge in [-0.05, 0) is 34.1 Å². The van der Waals surface area contributed by atoms with Crippen molar-refractivity contribution in [2.24, 2.45) is 0 Å². The van der Waals surface area contributed by atoms with E-state index in [1.54, 1.807) is 18.7 Å². The molecule has 2 aromatic rings. The van der Waals surface area contributed by atoms with E-state index in [0.29, 0.717) is 0 Å². The molecule has 15 heavy (non-hydrogen) atoms. The predicted molar refractivity (Wildman–Crippen MR) is 62.8 cm³/mol. The molecule has 3 nitrogen and oxygen atoms in total. The van der Waals surface area contributed by atoms with Gasteiger partial charge in [0, 0.05) is 25.4 Å². The summed E-state index contributed by atoms with van der Waals surface area (Å²) in [6.45, 7) is 0.784.